The maximum atomic E-state index is 12.5. The number of hydrogen-bond acceptors (Lipinski definition) is 3. The van der Waals surface area contributed by atoms with Crippen LogP contribution in [0.3, 0.4) is 0 Å². The van der Waals surface area contributed by atoms with Crippen LogP contribution in [0.15, 0.2) is 12.1 Å². The molecule has 1 fully saturated rings. The summed E-state index contributed by atoms with van der Waals surface area (Å²) >= 11 is 0. The van der Waals surface area contributed by atoms with E-state index < -0.39 is 0 Å². The second-order valence-electron chi connectivity index (χ2n) is 5.61. The van der Waals surface area contributed by atoms with Crippen LogP contribution in [0.25, 0.3) is 0 Å². The molecule has 0 aromatic heterocycles. The van der Waals surface area contributed by atoms with Crippen molar-refractivity contribution in [1.82, 2.24) is 4.90 Å². The van der Waals surface area contributed by atoms with Crippen molar-refractivity contribution in [3.05, 3.63) is 34.4 Å². The Hall–Kier alpha value is -1.19. The van der Waals surface area contributed by atoms with Gasteiger partial charge in [0, 0.05) is 18.7 Å². The van der Waals surface area contributed by atoms with Gasteiger partial charge < -0.3 is 4.74 Å². The van der Waals surface area contributed by atoms with E-state index >= 15 is 0 Å². The van der Waals surface area contributed by atoms with Crippen molar-refractivity contribution in [3.63, 3.8) is 0 Å². The van der Waals surface area contributed by atoms with E-state index in [-0.39, 0.29) is 11.9 Å². The summed E-state index contributed by atoms with van der Waals surface area (Å²) in [6, 6.07) is 4.17. The first-order valence-corrected chi connectivity index (χ1v) is 6.92. The van der Waals surface area contributed by atoms with Crippen molar-refractivity contribution in [3.8, 4) is 0 Å². The Morgan fingerprint density at radius 3 is 2.53 bits per heavy atom. The maximum absolute atomic E-state index is 12.5. The van der Waals surface area contributed by atoms with Crippen molar-refractivity contribution in [1.29, 1.82) is 0 Å². The van der Waals surface area contributed by atoms with E-state index in [0.29, 0.717) is 6.54 Å². The molecule has 1 aromatic carbocycles. The van der Waals surface area contributed by atoms with Crippen LogP contribution in [0.5, 0.6) is 0 Å². The molecule has 0 radical (unpaired) electrons. The van der Waals surface area contributed by atoms with Gasteiger partial charge in [-0.2, -0.15) is 0 Å². The number of carbonyl (C=O) groups excluding carboxylic acids is 1. The van der Waals surface area contributed by atoms with Gasteiger partial charge in [-0.3, -0.25) is 9.69 Å². The molecule has 1 aliphatic rings. The quantitative estimate of drug-likeness (QED) is 0.783. The number of aryl methyl sites for hydroxylation is 3. The average Bonchev–Trinajstić information content (AvgIpc) is 2.27. The van der Waals surface area contributed by atoms with Crippen molar-refractivity contribution < 1.29 is 9.53 Å². The van der Waals surface area contributed by atoms with E-state index in [4.69, 9.17) is 4.74 Å². The van der Waals surface area contributed by atoms with Gasteiger partial charge in [0.1, 0.15) is 0 Å². The first-order chi connectivity index (χ1) is 8.97. The molecule has 1 unspecified atom stereocenters. The Kier molecular flexibility index (Phi) is 4.38. The molecule has 1 aliphatic heterocycles. The Morgan fingerprint density at radius 1 is 1.32 bits per heavy atom. The Labute approximate surface area is 115 Å². The van der Waals surface area contributed by atoms with Crippen LogP contribution in [0, 0.1) is 20.8 Å². The van der Waals surface area contributed by atoms with Gasteiger partial charge in [-0.1, -0.05) is 17.7 Å². The topological polar surface area (TPSA) is 29.5 Å². The molecule has 1 aromatic rings. The van der Waals surface area contributed by atoms with Gasteiger partial charge >= 0.3 is 0 Å². The molecule has 19 heavy (non-hydrogen) atoms. The van der Waals surface area contributed by atoms with E-state index in [0.717, 1.165) is 36.4 Å². The van der Waals surface area contributed by atoms with Crippen LogP contribution in [0.1, 0.15) is 34.0 Å². The minimum absolute atomic E-state index is 0.224. The van der Waals surface area contributed by atoms with Crippen molar-refractivity contribution in [2.45, 2.75) is 33.8 Å². The molecule has 0 aliphatic carbocycles. The van der Waals surface area contributed by atoms with Gasteiger partial charge in [-0.05, 0) is 38.8 Å². The van der Waals surface area contributed by atoms with Gasteiger partial charge in [0.15, 0.2) is 5.78 Å². The highest BCUT2D eigenvalue weighted by atomic mass is 16.5. The summed E-state index contributed by atoms with van der Waals surface area (Å²) in [6.45, 7) is 11.1. The van der Waals surface area contributed by atoms with Crippen LogP contribution in [-0.2, 0) is 4.74 Å². The fourth-order valence-electron chi connectivity index (χ4n) is 2.94. The lowest BCUT2D eigenvalue weighted by Gasteiger charge is -2.30. The number of ether oxygens (including phenoxy) is 1. The summed E-state index contributed by atoms with van der Waals surface area (Å²) in [5, 5.41) is 0. The molecule has 3 heteroatoms. The van der Waals surface area contributed by atoms with Crippen LogP contribution < -0.4 is 0 Å². The Morgan fingerprint density at radius 2 is 1.95 bits per heavy atom. The maximum Gasteiger partial charge on any atom is 0.177 e. The normalized spacial score (nSPS) is 20.5. The Bertz CT molecular complexity index is 459. The highest BCUT2D eigenvalue weighted by Gasteiger charge is 2.21. The molecule has 1 saturated heterocycles. The number of Topliss-reactive ketones (excluding diaryl/α,β-unsaturated/α-hetero) is 1. The number of benzene rings is 1. The summed E-state index contributed by atoms with van der Waals surface area (Å²) in [4.78, 5) is 14.7. The highest BCUT2D eigenvalue weighted by Crippen LogP contribution is 2.18. The molecular formula is C16H23NO2. The molecule has 1 heterocycles. The molecule has 3 nitrogen and oxygen atoms in total. The Balaban J connectivity index is 2.12. The van der Waals surface area contributed by atoms with Crippen molar-refractivity contribution in [2.24, 2.45) is 0 Å². The zero-order valence-electron chi connectivity index (χ0n) is 12.3. The highest BCUT2D eigenvalue weighted by molar-refractivity contribution is 6.00. The number of hydrogen-bond donors (Lipinski definition) is 0. The summed E-state index contributed by atoms with van der Waals surface area (Å²) in [5.74, 6) is 0.226. The standard InChI is InChI=1S/C16H23NO2/c1-11-7-12(2)16(13(3)8-11)15(18)10-17-5-6-19-14(4)9-17/h7-8,14H,5-6,9-10H2,1-4H3. The summed E-state index contributed by atoms with van der Waals surface area (Å²) in [6.07, 6.45) is 0.224. The SMILES string of the molecule is Cc1cc(C)c(C(=O)CN2CCOC(C)C2)c(C)c1. The number of morpholine rings is 1. The van der Waals surface area contributed by atoms with Gasteiger partial charge in [0.2, 0.25) is 0 Å². The predicted octanol–water partition coefficient (Wildman–Crippen LogP) is 2.52. The van der Waals surface area contributed by atoms with E-state index in [1.807, 2.05) is 13.8 Å². The van der Waals surface area contributed by atoms with Crippen LogP contribution in [0.2, 0.25) is 0 Å². The lowest BCUT2D eigenvalue weighted by Crippen LogP contribution is -2.43. The second-order valence-corrected chi connectivity index (χ2v) is 5.61. The fourth-order valence-corrected chi connectivity index (χ4v) is 2.94. The molecule has 0 N–H and O–H groups in total. The molecule has 1 atom stereocenters. The van der Waals surface area contributed by atoms with Crippen LogP contribution >= 0.6 is 0 Å². The third-order valence-electron chi connectivity index (χ3n) is 3.65. The van der Waals surface area contributed by atoms with Crippen LogP contribution in [0.4, 0.5) is 0 Å². The number of carbonyl (C=O) groups is 1. The molecule has 0 saturated carbocycles. The van der Waals surface area contributed by atoms with E-state index in [2.05, 4.69) is 30.9 Å². The largest absolute Gasteiger partial charge is 0.376 e. The smallest absolute Gasteiger partial charge is 0.177 e. The lowest BCUT2D eigenvalue weighted by atomic mass is 9.96. The number of ketones is 1. The molecule has 2 rings (SSSR count). The average molecular weight is 261 g/mol. The number of rotatable bonds is 3. The van der Waals surface area contributed by atoms with E-state index in [1.165, 1.54) is 5.56 Å². The zero-order chi connectivity index (χ0) is 14.0. The minimum Gasteiger partial charge on any atom is -0.376 e. The van der Waals surface area contributed by atoms with Gasteiger partial charge in [0.25, 0.3) is 0 Å². The second kappa shape index (κ2) is 5.85. The van der Waals surface area contributed by atoms with Crippen molar-refractivity contribution in [2.75, 3.05) is 26.2 Å². The molecular weight excluding hydrogens is 238 g/mol. The molecule has 104 valence electrons. The van der Waals surface area contributed by atoms with E-state index in [1.54, 1.807) is 0 Å². The van der Waals surface area contributed by atoms with Gasteiger partial charge in [0.05, 0.1) is 19.3 Å². The van der Waals surface area contributed by atoms with Gasteiger partial charge in [-0.15, -0.1) is 0 Å². The third-order valence-corrected chi connectivity index (χ3v) is 3.65. The molecule has 0 spiro atoms. The van der Waals surface area contributed by atoms with Crippen molar-refractivity contribution >= 4 is 5.78 Å². The number of nitrogens with zero attached hydrogens (tertiary/aromatic N) is 1. The third kappa shape index (κ3) is 3.43. The minimum atomic E-state index is 0.224. The van der Waals surface area contributed by atoms with E-state index in [9.17, 15) is 4.79 Å². The fraction of sp³-hybridized carbons (Fsp3) is 0.562. The first-order valence-electron chi connectivity index (χ1n) is 6.92. The molecule has 0 bridgehead atoms. The summed E-state index contributed by atoms with van der Waals surface area (Å²) < 4.78 is 5.51. The molecule has 0 amide bonds. The lowest BCUT2D eigenvalue weighted by molar-refractivity contribution is -0.0158. The summed E-state index contributed by atoms with van der Waals surface area (Å²) in [5.41, 5.74) is 4.28. The zero-order valence-corrected chi connectivity index (χ0v) is 12.3. The van der Waals surface area contributed by atoms with Gasteiger partial charge in [-0.25, -0.2) is 0 Å². The monoisotopic (exact) mass is 261 g/mol. The van der Waals surface area contributed by atoms with Crippen LogP contribution in [-0.4, -0.2) is 43.0 Å². The summed E-state index contributed by atoms with van der Waals surface area (Å²) in [7, 11) is 0. The predicted molar refractivity (Wildman–Crippen MR) is 76.8 cm³/mol. The first kappa shape index (κ1) is 14.2.